The molecule has 1 saturated heterocycles. The van der Waals surface area contributed by atoms with Gasteiger partial charge in [0.2, 0.25) is 0 Å². The van der Waals surface area contributed by atoms with Crippen LogP contribution in [0.25, 0.3) is 0 Å². The Kier molecular flexibility index (Phi) is 7.06. The van der Waals surface area contributed by atoms with E-state index < -0.39 is 24.3 Å². The van der Waals surface area contributed by atoms with Crippen LogP contribution in [0.5, 0.6) is 0 Å². The molecule has 1 aromatic carbocycles. The summed E-state index contributed by atoms with van der Waals surface area (Å²) in [5, 5.41) is 11.0. The molecule has 0 radical (unpaired) electrons. The number of hydrogen-bond acceptors (Lipinski definition) is 5. The van der Waals surface area contributed by atoms with Gasteiger partial charge in [0.15, 0.2) is 6.23 Å². The van der Waals surface area contributed by atoms with Crippen molar-refractivity contribution < 1.29 is 19.4 Å². The van der Waals surface area contributed by atoms with Crippen LogP contribution in [0.4, 0.5) is 0 Å². The highest BCUT2D eigenvalue weighted by atomic mass is 35.5. The molecule has 0 bridgehead atoms. The average molecular weight is 454 g/mol. The lowest BCUT2D eigenvalue weighted by atomic mass is 10.00. The highest BCUT2D eigenvalue weighted by Crippen LogP contribution is 2.28. The molecule has 7 nitrogen and oxygen atoms in total. The summed E-state index contributed by atoms with van der Waals surface area (Å²) in [5.41, 5.74) is 1.61. The summed E-state index contributed by atoms with van der Waals surface area (Å²) in [6.07, 6.45) is 3.39. The van der Waals surface area contributed by atoms with Crippen molar-refractivity contribution in [3.63, 3.8) is 0 Å². The number of aliphatic carboxylic acids is 1. The van der Waals surface area contributed by atoms with Gasteiger partial charge in [0.1, 0.15) is 12.1 Å². The predicted octanol–water partition coefficient (Wildman–Crippen LogP) is 3.85. The summed E-state index contributed by atoms with van der Waals surface area (Å²) >= 11 is 12.2. The predicted molar refractivity (Wildman–Crippen MR) is 114 cm³/mol. The minimum absolute atomic E-state index is 0.180. The van der Waals surface area contributed by atoms with Gasteiger partial charge in [-0.15, -0.1) is 0 Å². The molecule has 162 valence electrons. The molecule has 0 spiro atoms. The summed E-state index contributed by atoms with van der Waals surface area (Å²) in [5.74, 6) is -1.15. The first-order valence-corrected chi connectivity index (χ1v) is 10.6. The maximum absolute atomic E-state index is 12.3. The van der Waals surface area contributed by atoms with Gasteiger partial charge in [0.25, 0.3) is 0 Å². The molecule has 0 amide bonds. The molecule has 1 aromatic heterocycles. The molecule has 1 aliphatic rings. The number of imidazole rings is 1. The highest BCUT2D eigenvalue weighted by Gasteiger charge is 2.46. The molecule has 30 heavy (non-hydrogen) atoms. The van der Waals surface area contributed by atoms with E-state index in [1.54, 1.807) is 42.5 Å². The maximum atomic E-state index is 12.3. The van der Waals surface area contributed by atoms with Gasteiger partial charge in [-0.2, -0.15) is 0 Å². The molecular formula is C21H25Cl2N3O4. The van der Waals surface area contributed by atoms with Gasteiger partial charge in [-0.3, -0.25) is 9.59 Å². The third-order valence-electron chi connectivity index (χ3n) is 5.15. The number of nitrogens with zero attached hydrogens (tertiary/aromatic N) is 3. The Morgan fingerprint density at radius 3 is 2.53 bits per heavy atom. The fourth-order valence-electron chi connectivity index (χ4n) is 3.90. The lowest BCUT2D eigenvalue weighted by Crippen LogP contribution is -2.50. The fraction of sp³-hybridized carbons (Fsp3) is 0.476. The van der Waals surface area contributed by atoms with Gasteiger partial charge in [-0.05, 0) is 43.0 Å². The second-order valence-corrected chi connectivity index (χ2v) is 8.85. The Bertz CT molecular complexity index is 910. The van der Waals surface area contributed by atoms with E-state index in [0.717, 1.165) is 11.3 Å². The minimum Gasteiger partial charge on any atom is -0.480 e. The first-order chi connectivity index (χ1) is 14.2. The van der Waals surface area contributed by atoms with Gasteiger partial charge in [0.05, 0.1) is 6.33 Å². The average Bonchev–Trinajstić information content (AvgIpc) is 3.15. The van der Waals surface area contributed by atoms with Crippen molar-refractivity contribution in [2.75, 3.05) is 0 Å². The largest absolute Gasteiger partial charge is 0.480 e. The van der Waals surface area contributed by atoms with Crippen LogP contribution in [0.2, 0.25) is 10.0 Å². The highest BCUT2D eigenvalue weighted by molar-refractivity contribution is 6.34. The van der Waals surface area contributed by atoms with Crippen LogP contribution in [-0.2, 0) is 27.3 Å². The van der Waals surface area contributed by atoms with Gasteiger partial charge in [-0.25, -0.2) is 9.88 Å². The van der Waals surface area contributed by atoms with Crippen LogP contribution >= 0.6 is 23.2 Å². The number of hydrogen-bond donors (Lipinski definition) is 1. The lowest BCUT2D eigenvalue weighted by molar-refractivity contribution is -0.147. The lowest BCUT2D eigenvalue weighted by Gasteiger charge is -2.30. The van der Waals surface area contributed by atoms with Gasteiger partial charge in [-0.1, -0.05) is 37.0 Å². The zero-order valence-corrected chi connectivity index (χ0v) is 18.6. The molecule has 3 rings (SSSR count). The molecular weight excluding hydrogens is 429 g/mol. The molecule has 0 saturated carbocycles. The second kappa shape index (κ2) is 9.37. The summed E-state index contributed by atoms with van der Waals surface area (Å²) in [6.45, 7) is 6.15. The number of aromatic nitrogens is 2. The number of rotatable bonds is 8. The molecule has 1 fully saturated rings. The summed E-state index contributed by atoms with van der Waals surface area (Å²) in [7, 11) is 0. The van der Waals surface area contributed by atoms with E-state index in [1.165, 1.54) is 0 Å². The van der Waals surface area contributed by atoms with E-state index in [0.29, 0.717) is 23.0 Å². The van der Waals surface area contributed by atoms with Crippen LogP contribution < -0.4 is 0 Å². The quantitative estimate of drug-likeness (QED) is 0.610. The number of benzene rings is 1. The SMILES string of the molecule is CC(C)CC1C(=O)OC(C)N1C(Cc1cncn1Cc1cc(Cl)cc(Cl)c1)C(=O)O. The van der Waals surface area contributed by atoms with Gasteiger partial charge in [0, 0.05) is 34.9 Å². The van der Waals surface area contributed by atoms with Crippen molar-refractivity contribution in [2.45, 2.75) is 58.5 Å². The smallest absolute Gasteiger partial charge is 0.325 e. The zero-order valence-electron chi connectivity index (χ0n) is 17.1. The molecule has 1 aliphatic heterocycles. The van der Waals surface area contributed by atoms with E-state index in [-0.39, 0.29) is 18.3 Å². The van der Waals surface area contributed by atoms with Crippen molar-refractivity contribution in [1.29, 1.82) is 0 Å². The first-order valence-electron chi connectivity index (χ1n) is 9.80. The number of carbonyl (C=O) groups is 2. The van der Waals surface area contributed by atoms with E-state index in [1.807, 2.05) is 18.4 Å². The number of carbonyl (C=O) groups excluding carboxylic acids is 1. The minimum atomic E-state index is -1.01. The molecule has 1 N–H and O–H groups in total. The third kappa shape index (κ3) is 5.14. The molecule has 2 heterocycles. The normalized spacial score (nSPS) is 20.5. The topological polar surface area (TPSA) is 84.7 Å². The third-order valence-corrected chi connectivity index (χ3v) is 5.59. The Balaban J connectivity index is 1.85. The van der Waals surface area contributed by atoms with Crippen molar-refractivity contribution in [3.05, 3.63) is 52.0 Å². The van der Waals surface area contributed by atoms with Crippen LogP contribution in [0.1, 0.15) is 38.4 Å². The van der Waals surface area contributed by atoms with E-state index in [4.69, 9.17) is 27.9 Å². The number of ether oxygens (including phenoxy) is 1. The first kappa shape index (κ1) is 22.6. The van der Waals surface area contributed by atoms with Crippen molar-refractivity contribution in [1.82, 2.24) is 14.5 Å². The second-order valence-electron chi connectivity index (χ2n) is 7.98. The van der Waals surface area contributed by atoms with Crippen LogP contribution in [0.15, 0.2) is 30.7 Å². The summed E-state index contributed by atoms with van der Waals surface area (Å²) in [4.78, 5) is 30.4. The molecule has 9 heteroatoms. The number of carboxylic acid groups (broad SMARTS) is 1. The Morgan fingerprint density at radius 2 is 1.93 bits per heavy atom. The number of cyclic esters (lactones) is 1. The van der Waals surface area contributed by atoms with Crippen LogP contribution in [-0.4, -0.2) is 49.8 Å². The monoisotopic (exact) mass is 453 g/mol. The summed E-state index contributed by atoms with van der Waals surface area (Å²) < 4.78 is 7.22. The molecule has 3 atom stereocenters. The Hall–Kier alpha value is -2.09. The van der Waals surface area contributed by atoms with E-state index >= 15 is 0 Å². The molecule has 3 unspecified atom stereocenters. The van der Waals surface area contributed by atoms with Crippen molar-refractivity contribution in [2.24, 2.45) is 5.92 Å². The number of carboxylic acids is 1. The Morgan fingerprint density at radius 1 is 1.27 bits per heavy atom. The van der Waals surface area contributed by atoms with Gasteiger partial charge < -0.3 is 14.4 Å². The Labute approximate surface area is 185 Å². The standard InChI is InChI=1S/C21H25Cl2N3O4/c1-12(2)4-19-21(29)30-13(3)26(19)18(20(27)28)8-17-9-24-11-25(17)10-14-5-15(22)7-16(23)6-14/h5-7,9,11-13,18-19H,4,8,10H2,1-3H3,(H,27,28). The fourth-order valence-corrected chi connectivity index (χ4v) is 4.47. The summed E-state index contributed by atoms with van der Waals surface area (Å²) in [6, 6.07) is 3.76. The van der Waals surface area contributed by atoms with Crippen LogP contribution in [0.3, 0.4) is 0 Å². The van der Waals surface area contributed by atoms with E-state index in [2.05, 4.69) is 4.98 Å². The van der Waals surface area contributed by atoms with E-state index in [9.17, 15) is 14.7 Å². The maximum Gasteiger partial charge on any atom is 0.325 e. The molecule has 0 aliphatic carbocycles. The van der Waals surface area contributed by atoms with Crippen molar-refractivity contribution in [3.8, 4) is 0 Å². The molecule has 2 aromatic rings. The van der Waals surface area contributed by atoms with Gasteiger partial charge >= 0.3 is 11.9 Å². The number of halogens is 2. The van der Waals surface area contributed by atoms with Crippen LogP contribution in [0, 0.1) is 5.92 Å². The zero-order chi connectivity index (χ0) is 22.0. The van der Waals surface area contributed by atoms with Crippen molar-refractivity contribution >= 4 is 35.1 Å². The number of esters is 1.